The Morgan fingerprint density at radius 2 is 1.93 bits per heavy atom. The summed E-state index contributed by atoms with van der Waals surface area (Å²) in [6.07, 6.45) is 1.58. The number of thioether (sulfide) groups is 1. The summed E-state index contributed by atoms with van der Waals surface area (Å²) in [6, 6.07) is 15.3. The molecule has 2 N–H and O–H groups in total. The van der Waals surface area contributed by atoms with E-state index >= 15 is 0 Å². The van der Waals surface area contributed by atoms with Gasteiger partial charge in [0.25, 0.3) is 5.91 Å². The van der Waals surface area contributed by atoms with Crippen LogP contribution in [-0.2, 0) is 11.8 Å². The molecule has 8 heteroatoms. The molecule has 0 saturated heterocycles. The standard InChI is InChI=1S/C19H20N6OS/c1-13-9-10-16(14(2)11-13)21-17(26)18(27-19-24-20-12-25(19)3)23-22-15-7-5-4-6-8-15/h4-12,22H,1-3H3,(H,21,26). The lowest BCUT2D eigenvalue weighted by molar-refractivity contribution is -0.110. The molecule has 3 rings (SSSR count). The van der Waals surface area contributed by atoms with Gasteiger partial charge in [0.15, 0.2) is 10.2 Å². The van der Waals surface area contributed by atoms with Crippen molar-refractivity contribution in [1.82, 2.24) is 14.8 Å². The zero-order valence-electron chi connectivity index (χ0n) is 15.3. The Labute approximate surface area is 161 Å². The number of carbonyl (C=O) groups excluding carboxylic acids is 1. The summed E-state index contributed by atoms with van der Waals surface area (Å²) >= 11 is 1.14. The van der Waals surface area contributed by atoms with Gasteiger partial charge in [0.1, 0.15) is 6.33 Å². The van der Waals surface area contributed by atoms with Crippen LogP contribution in [0.5, 0.6) is 0 Å². The number of aromatic nitrogens is 3. The molecule has 3 aromatic rings. The molecule has 138 valence electrons. The van der Waals surface area contributed by atoms with Crippen molar-refractivity contribution in [2.75, 3.05) is 10.7 Å². The largest absolute Gasteiger partial charge is 0.320 e. The molecule has 0 aliphatic rings. The minimum Gasteiger partial charge on any atom is -0.320 e. The molecule has 0 aliphatic carbocycles. The molecule has 0 bridgehead atoms. The molecule has 7 nitrogen and oxygen atoms in total. The first kappa shape index (κ1) is 18.7. The second-order valence-electron chi connectivity index (χ2n) is 5.99. The van der Waals surface area contributed by atoms with Crippen LogP contribution in [0, 0.1) is 13.8 Å². The van der Waals surface area contributed by atoms with Crippen LogP contribution in [0.2, 0.25) is 0 Å². The average Bonchev–Trinajstić information content (AvgIpc) is 3.06. The SMILES string of the molecule is Cc1ccc(NC(=O)C(=NNc2ccccc2)Sc2nncn2C)c(C)c1. The molecule has 1 aromatic heterocycles. The van der Waals surface area contributed by atoms with E-state index in [2.05, 4.69) is 26.0 Å². The molecule has 2 aromatic carbocycles. The van der Waals surface area contributed by atoms with E-state index in [1.165, 1.54) is 0 Å². The van der Waals surface area contributed by atoms with Crippen LogP contribution in [-0.4, -0.2) is 25.7 Å². The van der Waals surface area contributed by atoms with Crippen molar-refractivity contribution in [3.05, 3.63) is 66.0 Å². The number of carbonyl (C=O) groups is 1. The van der Waals surface area contributed by atoms with Crippen LogP contribution in [0.15, 0.2) is 65.1 Å². The summed E-state index contributed by atoms with van der Waals surface area (Å²) in [5.74, 6) is -0.321. The van der Waals surface area contributed by atoms with Crippen molar-refractivity contribution in [1.29, 1.82) is 0 Å². The Kier molecular flexibility index (Phi) is 5.87. The van der Waals surface area contributed by atoms with Crippen LogP contribution in [0.3, 0.4) is 0 Å². The lowest BCUT2D eigenvalue weighted by atomic mass is 10.1. The van der Waals surface area contributed by atoms with Gasteiger partial charge in [-0.3, -0.25) is 10.2 Å². The second kappa shape index (κ2) is 8.50. The van der Waals surface area contributed by atoms with E-state index in [-0.39, 0.29) is 11.0 Å². The van der Waals surface area contributed by atoms with E-state index < -0.39 is 0 Å². The first-order chi connectivity index (χ1) is 13.0. The number of nitrogens with zero attached hydrogens (tertiary/aromatic N) is 4. The van der Waals surface area contributed by atoms with Crippen LogP contribution < -0.4 is 10.7 Å². The summed E-state index contributed by atoms with van der Waals surface area (Å²) in [5, 5.41) is 15.9. The topological polar surface area (TPSA) is 84.2 Å². The zero-order valence-corrected chi connectivity index (χ0v) is 16.1. The fourth-order valence-corrected chi connectivity index (χ4v) is 3.02. The Morgan fingerprint density at radius 3 is 2.59 bits per heavy atom. The molecule has 0 spiro atoms. The summed E-state index contributed by atoms with van der Waals surface area (Å²) in [5.41, 5.74) is 6.57. The monoisotopic (exact) mass is 380 g/mol. The van der Waals surface area contributed by atoms with Crippen molar-refractivity contribution < 1.29 is 4.79 Å². The molecule has 1 amide bonds. The van der Waals surface area contributed by atoms with Crippen molar-refractivity contribution in [3.8, 4) is 0 Å². The predicted molar refractivity (Wildman–Crippen MR) is 109 cm³/mol. The lowest BCUT2D eigenvalue weighted by Gasteiger charge is -2.11. The Bertz CT molecular complexity index is 967. The Balaban J connectivity index is 1.83. The normalized spacial score (nSPS) is 11.3. The van der Waals surface area contributed by atoms with Gasteiger partial charge in [-0.1, -0.05) is 35.9 Å². The zero-order chi connectivity index (χ0) is 19.2. The van der Waals surface area contributed by atoms with Gasteiger partial charge in [-0.2, -0.15) is 5.10 Å². The first-order valence-corrected chi connectivity index (χ1v) is 9.14. The van der Waals surface area contributed by atoms with Crippen LogP contribution in [0.4, 0.5) is 11.4 Å². The number of anilines is 2. The highest BCUT2D eigenvalue weighted by atomic mass is 32.2. The maximum atomic E-state index is 12.8. The molecule has 0 atom stereocenters. The van der Waals surface area contributed by atoms with Crippen molar-refractivity contribution >= 4 is 34.1 Å². The van der Waals surface area contributed by atoms with Gasteiger partial charge < -0.3 is 9.88 Å². The van der Waals surface area contributed by atoms with Gasteiger partial charge in [-0.05, 0) is 49.4 Å². The van der Waals surface area contributed by atoms with Crippen molar-refractivity contribution in [2.24, 2.45) is 12.1 Å². The van der Waals surface area contributed by atoms with E-state index in [0.29, 0.717) is 5.16 Å². The number of aryl methyl sites for hydroxylation is 3. The minimum absolute atomic E-state index is 0.231. The summed E-state index contributed by atoms with van der Waals surface area (Å²) in [6.45, 7) is 3.97. The fourth-order valence-electron chi connectivity index (χ4n) is 2.33. The van der Waals surface area contributed by atoms with E-state index in [0.717, 1.165) is 34.3 Å². The number of para-hydroxylation sites is 1. The lowest BCUT2D eigenvalue weighted by Crippen LogP contribution is -2.22. The summed E-state index contributed by atoms with van der Waals surface area (Å²) in [7, 11) is 1.81. The van der Waals surface area contributed by atoms with Crippen molar-refractivity contribution in [2.45, 2.75) is 19.0 Å². The molecule has 0 aliphatic heterocycles. The third-order valence-corrected chi connectivity index (χ3v) is 4.76. The van der Waals surface area contributed by atoms with E-state index in [9.17, 15) is 4.79 Å². The van der Waals surface area contributed by atoms with Crippen LogP contribution in [0.25, 0.3) is 0 Å². The van der Waals surface area contributed by atoms with Gasteiger partial charge >= 0.3 is 0 Å². The summed E-state index contributed by atoms with van der Waals surface area (Å²) < 4.78 is 1.73. The number of amides is 1. The van der Waals surface area contributed by atoms with Crippen LogP contribution >= 0.6 is 11.8 Å². The highest BCUT2D eigenvalue weighted by Gasteiger charge is 2.18. The highest BCUT2D eigenvalue weighted by molar-refractivity contribution is 8.15. The number of rotatable bonds is 4. The van der Waals surface area contributed by atoms with Gasteiger partial charge in [0, 0.05) is 12.7 Å². The molecule has 0 radical (unpaired) electrons. The number of hydrazone groups is 1. The first-order valence-electron chi connectivity index (χ1n) is 8.32. The quantitative estimate of drug-likeness (QED) is 0.313. The number of hydrogen-bond donors (Lipinski definition) is 2. The Morgan fingerprint density at radius 1 is 1.15 bits per heavy atom. The van der Waals surface area contributed by atoms with Gasteiger partial charge in [0.2, 0.25) is 0 Å². The van der Waals surface area contributed by atoms with Gasteiger partial charge in [0.05, 0.1) is 5.69 Å². The van der Waals surface area contributed by atoms with E-state index in [1.807, 2.05) is 69.4 Å². The number of hydrogen-bond acceptors (Lipinski definition) is 6. The minimum atomic E-state index is -0.321. The second-order valence-corrected chi connectivity index (χ2v) is 6.95. The Hall–Kier alpha value is -3.13. The molecule has 1 heterocycles. The molecule has 0 unspecified atom stereocenters. The molecule has 0 fully saturated rings. The molecule has 0 saturated carbocycles. The maximum absolute atomic E-state index is 12.8. The molecular weight excluding hydrogens is 360 g/mol. The van der Waals surface area contributed by atoms with Crippen LogP contribution in [0.1, 0.15) is 11.1 Å². The summed E-state index contributed by atoms with van der Waals surface area (Å²) in [4.78, 5) is 12.8. The fraction of sp³-hybridized carbons (Fsp3) is 0.158. The van der Waals surface area contributed by atoms with Gasteiger partial charge in [-0.25, -0.2) is 0 Å². The third-order valence-electron chi connectivity index (χ3n) is 3.74. The third kappa shape index (κ3) is 4.95. The predicted octanol–water partition coefficient (Wildman–Crippen LogP) is 3.59. The van der Waals surface area contributed by atoms with E-state index in [4.69, 9.17) is 0 Å². The number of benzene rings is 2. The highest BCUT2D eigenvalue weighted by Crippen LogP contribution is 2.20. The maximum Gasteiger partial charge on any atom is 0.283 e. The average molecular weight is 380 g/mol. The smallest absolute Gasteiger partial charge is 0.283 e. The van der Waals surface area contributed by atoms with Gasteiger partial charge in [-0.15, -0.1) is 10.2 Å². The molecular formula is C19H20N6OS. The van der Waals surface area contributed by atoms with Crippen molar-refractivity contribution in [3.63, 3.8) is 0 Å². The van der Waals surface area contributed by atoms with E-state index in [1.54, 1.807) is 10.9 Å². The molecule has 27 heavy (non-hydrogen) atoms. The number of nitrogens with one attached hydrogen (secondary N) is 2.